The number of hydrogen-bond donors (Lipinski definition) is 0. The minimum Gasteiger partial charge on any atom is -0.500 e. The van der Waals surface area contributed by atoms with Crippen LogP contribution in [-0.2, 0) is 23.7 Å². The molecular weight excluding hydrogens is 272 g/mol. The number of esters is 1. The van der Waals surface area contributed by atoms with Crippen molar-refractivity contribution in [3.8, 4) is 0 Å². The summed E-state index contributed by atoms with van der Waals surface area (Å²) in [4.78, 5) is 12.3. The molecule has 0 aromatic heterocycles. The molecule has 1 heterocycles. The van der Waals surface area contributed by atoms with E-state index in [9.17, 15) is 4.79 Å². The number of rotatable bonds is 2. The monoisotopic (exact) mass is 294 g/mol. The summed E-state index contributed by atoms with van der Waals surface area (Å²) in [6.45, 7) is 3.34. The van der Waals surface area contributed by atoms with E-state index in [-0.39, 0.29) is 11.4 Å². The van der Waals surface area contributed by atoms with Crippen LogP contribution >= 0.6 is 0 Å². The summed E-state index contributed by atoms with van der Waals surface area (Å²) in [7, 11) is 3.00. The lowest BCUT2D eigenvalue weighted by Gasteiger charge is -2.50. The van der Waals surface area contributed by atoms with Crippen LogP contribution in [0.4, 0.5) is 0 Å². The second-order valence-electron chi connectivity index (χ2n) is 5.93. The van der Waals surface area contributed by atoms with Gasteiger partial charge in [-0.25, -0.2) is 4.79 Å². The van der Waals surface area contributed by atoms with E-state index in [0.717, 1.165) is 24.8 Å². The Kier molecular flexibility index (Phi) is 3.58. The maximum Gasteiger partial charge on any atom is 0.341 e. The Labute approximate surface area is 124 Å². The van der Waals surface area contributed by atoms with Crippen LogP contribution in [-0.4, -0.2) is 39.2 Å². The third-order valence-corrected chi connectivity index (χ3v) is 5.05. The molecule has 21 heavy (non-hydrogen) atoms. The van der Waals surface area contributed by atoms with E-state index in [1.54, 1.807) is 7.11 Å². The van der Waals surface area contributed by atoms with E-state index >= 15 is 0 Å². The average molecular weight is 294 g/mol. The lowest BCUT2D eigenvalue weighted by atomic mass is 9.61. The van der Waals surface area contributed by atoms with Crippen molar-refractivity contribution in [2.45, 2.75) is 38.4 Å². The quantitative estimate of drug-likeness (QED) is 0.732. The van der Waals surface area contributed by atoms with Gasteiger partial charge in [-0.15, -0.1) is 0 Å². The van der Waals surface area contributed by atoms with Gasteiger partial charge in [0.25, 0.3) is 0 Å². The van der Waals surface area contributed by atoms with Crippen molar-refractivity contribution < 1.29 is 23.7 Å². The molecule has 5 heteroatoms. The van der Waals surface area contributed by atoms with Crippen LogP contribution in [0.1, 0.15) is 32.6 Å². The predicted molar refractivity (Wildman–Crippen MR) is 75.3 cm³/mol. The Balaban J connectivity index is 2.10. The van der Waals surface area contributed by atoms with Crippen molar-refractivity contribution in [1.29, 1.82) is 0 Å². The number of fused-ring (bicyclic) bond motifs is 2. The fourth-order valence-electron chi connectivity index (χ4n) is 3.90. The Hall–Kier alpha value is -1.33. The van der Waals surface area contributed by atoms with E-state index < -0.39 is 5.79 Å². The van der Waals surface area contributed by atoms with Crippen molar-refractivity contribution in [2.24, 2.45) is 5.41 Å². The maximum absolute atomic E-state index is 12.3. The van der Waals surface area contributed by atoms with E-state index in [2.05, 4.69) is 13.0 Å². The summed E-state index contributed by atoms with van der Waals surface area (Å²) in [5.41, 5.74) is 1.16. The van der Waals surface area contributed by atoms with Crippen LogP contribution in [0.25, 0.3) is 0 Å². The van der Waals surface area contributed by atoms with Gasteiger partial charge in [-0.05, 0) is 18.4 Å². The summed E-state index contributed by atoms with van der Waals surface area (Å²) < 4.78 is 22.4. The average Bonchev–Trinajstić information content (AvgIpc) is 2.97. The first kappa shape index (κ1) is 14.6. The fourth-order valence-corrected chi connectivity index (χ4v) is 3.90. The van der Waals surface area contributed by atoms with Gasteiger partial charge in [0.1, 0.15) is 11.3 Å². The van der Waals surface area contributed by atoms with Gasteiger partial charge in [-0.3, -0.25) is 0 Å². The molecular formula is C16H22O5. The molecule has 0 saturated carbocycles. The van der Waals surface area contributed by atoms with Crippen LogP contribution in [0.15, 0.2) is 23.0 Å². The molecule has 3 aliphatic rings. The highest BCUT2D eigenvalue weighted by atomic mass is 16.7. The van der Waals surface area contributed by atoms with Gasteiger partial charge in [-0.1, -0.05) is 13.0 Å². The molecule has 2 aliphatic carbocycles. The second kappa shape index (κ2) is 5.14. The largest absolute Gasteiger partial charge is 0.500 e. The number of methoxy groups -OCH3 is 2. The minimum absolute atomic E-state index is 0.340. The second-order valence-corrected chi connectivity index (χ2v) is 5.93. The topological polar surface area (TPSA) is 54.0 Å². The predicted octanol–water partition coefficient (Wildman–Crippen LogP) is 2.32. The summed E-state index contributed by atoms with van der Waals surface area (Å²) >= 11 is 0. The highest BCUT2D eigenvalue weighted by Crippen LogP contribution is 2.57. The molecule has 0 aromatic carbocycles. The molecule has 0 bridgehead atoms. The fraction of sp³-hybridized carbons (Fsp3) is 0.688. The summed E-state index contributed by atoms with van der Waals surface area (Å²) in [6, 6.07) is 0. The van der Waals surface area contributed by atoms with Gasteiger partial charge < -0.3 is 18.9 Å². The number of allylic oxidation sites excluding steroid dienone is 2. The Morgan fingerprint density at radius 3 is 2.57 bits per heavy atom. The first-order chi connectivity index (χ1) is 10.1. The molecule has 1 unspecified atom stereocenters. The zero-order valence-corrected chi connectivity index (χ0v) is 12.9. The Morgan fingerprint density at radius 2 is 1.95 bits per heavy atom. The molecule has 0 radical (unpaired) electrons. The van der Waals surface area contributed by atoms with Crippen LogP contribution in [0.5, 0.6) is 0 Å². The zero-order valence-electron chi connectivity index (χ0n) is 12.9. The van der Waals surface area contributed by atoms with Gasteiger partial charge in [0.15, 0.2) is 5.79 Å². The molecule has 1 fully saturated rings. The van der Waals surface area contributed by atoms with Gasteiger partial charge in [0, 0.05) is 18.3 Å². The molecule has 1 aliphatic heterocycles. The first-order valence-corrected chi connectivity index (χ1v) is 7.42. The molecule has 0 N–H and O–H groups in total. The van der Waals surface area contributed by atoms with Crippen molar-refractivity contribution in [1.82, 2.24) is 0 Å². The molecule has 0 aromatic rings. The van der Waals surface area contributed by atoms with Crippen LogP contribution in [0.3, 0.4) is 0 Å². The van der Waals surface area contributed by atoms with Crippen LogP contribution in [0, 0.1) is 5.41 Å². The van der Waals surface area contributed by atoms with Crippen LogP contribution < -0.4 is 0 Å². The van der Waals surface area contributed by atoms with Crippen molar-refractivity contribution in [2.75, 3.05) is 27.4 Å². The third-order valence-electron chi connectivity index (χ3n) is 5.05. The highest BCUT2D eigenvalue weighted by molar-refractivity contribution is 5.95. The SMILES string of the molecule is COC(=O)C1=C(OC)CCC2(C)C1=CCCC21OCCO1. The summed E-state index contributed by atoms with van der Waals surface area (Å²) in [5.74, 6) is -0.269. The van der Waals surface area contributed by atoms with Crippen molar-refractivity contribution in [3.05, 3.63) is 23.0 Å². The third kappa shape index (κ3) is 1.94. The first-order valence-electron chi connectivity index (χ1n) is 7.42. The standard InChI is InChI=1S/C16H22O5/c1-15-8-6-12(18-2)13(14(17)19-3)11(15)5-4-7-16(15)20-9-10-21-16/h5H,4,6-10H2,1-3H3. The molecule has 1 spiro atoms. The molecule has 0 amide bonds. The molecule has 3 rings (SSSR count). The Bertz CT molecular complexity index is 513. The van der Waals surface area contributed by atoms with Gasteiger partial charge in [0.2, 0.25) is 0 Å². The van der Waals surface area contributed by atoms with E-state index in [1.165, 1.54) is 7.11 Å². The number of carbonyl (C=O) groups is 1. The van der Waals surface area contributed by atoms with Crippen LogP contribution in [0.2, 0.25) is 0 Å². The van der Waals surface area contributed by atoms with Gasteiger partial charge in [0.05, 0.1) is 27.4 Å². The normalized spacial score (nSPS) is 30.9. The van der Waals surface area contributed by atoms with Crippen molar-refractivity contribution >= 4 is 5.97 Å². The lowest BCUT2D eigenvalue weighted by Crippen LogP contribution is -2.52. The van der Waals surface area contributed by atoms with Crippen molar-refractivity contribution in [3.63, 3.8) is 0 Å². The number of ether oxygens (including phenoxy) is 4. The molecule has 1 atom stereocenters. The zero-order chi connectivity index (χ0) is 15.1. The van der Waals surface area contributed by atoms with E-state index in [1.807, 2.05) is 0 Å². The summed E-state index contributed by atoms with van der Waals surface area (Å²) in [6.07, 6.45) is 5.28. The smallest absolute Gasteiger partial charge is 0.341 e. The molecule has 116 valence electrons. The van der Waals surface area contributed by atoms with Gasteiger partial charge >= 0.3 is 5.97 Å². The maximum atomic E-state index is 12.3. The lowest BCUT2D eigenvalue weighted by molar-refractivity contribution is -0.231. The Morgan fingerprint density at radius 1 is 1.24 bits per heavy atom. The molecule has 1 saturated heterocycles. The number of hydrogen-bond acceptors (Lipinski definition) is 5. The molecule has 5 nitrogen and oxygen atoms in total. The number of carbonyl (C=O) groups excluding carboxylic acids is 1. The summed E-state index contributed by atoms with van der Waals surface area (Å²) in [5, 5.41) is 0. The van der Waals surface area contributed by atoms with E-state index in [4.69, 9.17) is 18.9 Å². The van der Waals surface area contributed by atoms with Gasteiger partial charge in [-0.2, -0.15) is 0 Å². The van der Waals surface area contributed by atoms with E-state index in [0.29, 0.717) is 31.0 Å². The highest BCUT2D eigenvalue weighted by Gasteiger charge is 2.58. The minimum atomic E-state index is -0.615.